The zero-order valence-electron chi connectivity index (χ0n) is 13.3. The van der Waals surface area contributed by atoms with Gasteiger partial charge in [-0.2, -0.15) is 0 Å². The molecule has 0 unspecified atom stereocenters. The van der Waals surface area contributed by atoms with E-state index in [1.807, 2.05) is 17.0 Å². The van der Waals surface area contributed by atoms with Crippen molar-refractivity contribution in [3.63, 3.8) is 0 Å². The molecule has 2 aliphatic rings. The quantitative estimate of drug-likeness (QED) is 0.714. The molecule has 3 rings (SSSR count). The molecular formula is C18H23BrN2O2. The summed E-state index contributed by atoms with van der Waals surface area (Å²) >= 11 is 3.36. The minimum Gasteiger partial charge on any atom is -0.340 e. The van der Waals surface area contributed by atoms with Crippen LogP contribution in [0, 0.1) is 5.92 Å². The highest BCUT2D eigenvalue weighted by atomic mass is 79.9. The largest absolute Gasteiger partial charge is 0.340 e. The summed E-state index contributed by atoms with van der Waals surface area (Å²) in [6, 6.07) is 7.31. The number of piperazine rings is 1. The van der Waals surface area contributed by atoms with Crippen LogP contribution in [-0.4, -0.2) is 54.2 Å². The molecule has 0 bridgehead atoms. The van der Waals surface area contributed by atoms with Crippen molar-refractivity contribution in [2.24, 2.45) is 5.92 Å². The third-order valence-corrected chi connectivity index (χ3v) is 5.20. The molecule has 1 saturated heterocycles. The Labute approximate surface area is 146 Å². The number of carbonyl (C=O) groups is 2. The third-order valence-electron chi connectivity index (χ3n) is 4.67. The number of hydrogen-bond donors (Lipinski definition) is 0. The maximum absolute atomic E-state index is 12.3. The monoisotopic (exact) mass is 378 g/mol. The summed E-state index contributed by atoms with van der Waals surface area (Å²) in [5.74, 6) is 1.06. The van der Waals surface area contributed by atoms with Crippen molar-refractivity contribution in [2.75, 3.05) is 32.7 Å². The second kappa shape index (κ2) is 7.58. The molecule has 5 heteroatoms. The number of ketones is 1. The van der Waals surface area contributed by atoms with Crippen LogP contribution < -0.4 is 0 Å². The Morgan fingerprint density at radius 2 is 1.65 bits per heavy atom. The van der Waals surface area contributed by atoms with Gasteiger partial charge in [0.25, 0.3) is 0 Å². The Bertz CT molecular complexity index is 561. The van der Waals surface area contributed by atoms with Crippen LogP contribution in [0.4, 0.5) is 0 Å². The van der Waals surface area contributed by atoms with E-state index in [9.17, 15) is 9.59 Å². The summed E-state index contributed by atoms with van der Waals surface area (Å²) in [7, 11) is 0. The zero-order valence-corrected chi connectivity index (χ0v) is 14.9. The van der Waals surface area contributed by atoms with Gasteiger partial charge in [0.05, 0.1) is 0 Å². The van der Waals surface area contributed by atoms with Gasteiger partial charge in [0.1, 0.15) is 0 Å². The highest BCUT2D eigenvalue weighted by Crippen LogP contribution is 2.29. The molecule has 124 valence electrons. The number of benzene rings is 1. The van der Waals surface area contributed by atoms with Crippen molar-refractivity contribution >= 4 is 27.6 Å². The molecule has 0 spiro atoms. The van der Waals surface area contributed by atoms with Crippen LogP contribution in [0.2, 0.25) is 0 Å². The van der Waals surface area contributed by atoms with E-state index in [2.05, 4.69) is 20.8 Å². The van der Waals surface area contributed by atoms with Crippen molar-refractivity contribution in [1.82, 2.24) is 9.80 Å². The van der Waals surface area contributed by atoms with Crippen LogP contribution in [0.3, 0.4) is 0 Å². The average Bonchev–Trinajstić information content (AvgIpc) is 3.37. The van der Waals surface area contributed by atoms with E-state index in [4.69, 9.17) is 0 Å². The molecule has 1 aromatic rings. The highest BCUT2D eigenvalue weighted by molar-refractivity contribution is 9.10. The standard InChI is InChI=1S/C18H23BrN2O2/c19-16-5-3-15(4-6-16)17(22)7-8-18(23)21-11-9-20(10-12-21)13-14-1-2-14/h3-6,14H,1-2,7-13H2. The molecule has 2 fully saturated rings. The molecule has 23 heavy (non-hydrogen) atoms. The van der Waals surface area contributed by atoms with Crippen molar-refractivity contribution in [1.29, 1.82) is 0 Å². The predicted octanol–water partition coefficient (Wildman–Crippen LogP) is 2.97. The zero-order chi connectivity index (χ0) is 16.2. The first kappa shape index (κ1) is 16.7. The number of rotatable bonds is 6. The second-order valence-corrected chi connectivity index (χ2v) is 7.47. The number of nitrogens with zero attached hydrogens (tertiary/aromatic N) is 2. The van der Waals surface area contributed by atoms with E-state index in [0.29, 0.717) is 18.4 Å². The molecule has 1 aromatic carbocycles. The molecule has 0 radical (unpaired) electrons. The van der Waals surface area contributed by atoms with E-state index in [1.54, 1.807) is 12.1 Å². The van der Waals surface area contributed by atoms with Gasteiger partial charge in [-0.1, -0.05) is 28.1 Å². The third kappa shape index (κ3) is 4.88. The van der Waals surface area contributed by atoms with Gasteiger partial charge in [0.2, 0.25) is 5.91 Å². The molecular weight excluding hydrogens is 356 g/mol. The molecule has 1 aliphatic carbocycles. The Hall–Kier alpha value is -1.20. The van der Waals surface area contributed by atoms with Crippen molar-refractivity contribution < 1.29 is 9.59 Å². The molecule has 1 saturated carbocycles. The summed E-state index contributed by atoms with van der Waals surface area (Å²) in [6.45, 7) is 4.76. The van der Waals surface area contributed by atoms with E-state index < -0.39 is 0 Å². The predicted molar refractivity (Wildman–Crippen MR) is 93.5 cm³/mol. The lowest BCUT2D eigenvalue weighted by molar-refractivity contribution is -0.132. The van der Waals surface area contributed by atoms with Crippen LogP contribution in [0.1, 0.15) is 36.0 Å². The number of carbonyl (C=O) groups excluding carboxylic acids is 2. The molecule has 0 atom stereocenters. The van der Waals surface area contributed by atoms with Crippen LogP contribution in [-0.2, 0) is 4.79 Å². The minimum atomic E-state index is 0.0400. The fourth-order valence-corrected chi connectivity index (χ4v) is 3.27. The Morgan fingerprint density at radius 1 is 1.00 bits per heavy atom. The first-order valence-electron chi connectivity index (χ1n) is 8.41. The fraction of sp³-hybridized carbons (Fsp3) is 0.556. The van der Waals surface area contributed by atoms with Crippen molar-refractivity contribution in [3.05, 3.63) is 34.3 Å². The van der Waals surface area contributed by atoms with Crippen molar-refractivity contribution in [3.8, 4) is 0 Å². The number of hydrogen-bond acceptors (Lipinski definition) is 3. The van der Waals surface area contributed by atoms with Gasteiger partial charge in [-0.15, -0.1) is 0 Å². The summed E-state index contributed by atoms with van der Waals surface area (Å²) in [5.41, 5.74) is 0.676. The normalized spacial score (nSPS) is 18.9. The number of halogens is 1. The minimum absolute atomic E-state index is 0.0400. The fourth-order valence-electron chi connectivity index (χ4n) is 3.00. The van der Waals surface area contributed by atoms with Gasteiger partial charge in [-0.05, 0) is 30.9 Å². The van der Waals surface area contributed by atoms with E-state index in [-0.39, 0.29) is 11.7 Å². The van der Waals surface area contributed by atoms with Crippen LogP contribution in [0.5, 0.6) is 0 Å². The molecule has 1 amide bonds. The summed E-state index contributed by atoms with van der Waals surface area (Å²) in [5, 5.41) is 0. The lowest BCUT2D eigenvalue weighted by Gasteiger charge is -2.34. The van der Waals surface area contributed by atoms with Gasteiger partial charge in [-0.25, -0.2) is 0 Å². The first-order valence-corrected chi connectivity index (χ1v) is 9.20. The van der Waals surface area contributed by atoms with Crippen molar-refractivity contribution in [2.45, 2.75) is 25.7 Å². The lowest BCUT2D eigenvalue weighted by atomic mass is 10.1. The van der Waals surface area contributed by atoms with Crippen LogP contribution >= 0.6 is 15.9 Å². The molecule has 1 aliphatic heterocycles. The van der Waals surface area contributed by atoms with Gasteiger partial charge in [0.15, 0.2) is 5.78 Å². The lowest BCUT2D eigenvalue weighted by Crippen LogP contribution is -2.49. The Morgan fingerprint density at radius 3 is 2.26 bits per heavy atom. The van der Waals surface area contributed by atoms with Gasteiger partial charge >= 0.3 is 0 Å². The summed E-state index contributed by atoms with van der Waals surface area (Å²) < 4.78 is 0.953. The van der Waals surface area contributed by atoms with E-state index in [0.717, 1.165) is 36.6 Å². The molecule has 0 N–H and O–H groups in total. The maximum Gasteiger partial charge on any atom is 0.223 e. The molecule has 1 heterocycles. The topological polar surface area (TPSA) is 40.6 Å². The van der Waals surface area contributed by atoms with Crippen LogP contribution in [0.15, 0.2) is 28.7 Å². The Balaban J connectivity index is 1.40. The van der Waals surface area contributed by atoms with E-state index in [1.165, 1.54) is 19.4 Å². The number of amides is 1. The second-order valence-electron chi connectivity index (χ2n) is 6.55. The SMILES string of the molecule is O=C(CCC(=O)N1CCN(CC2CC2)CC1)c1ccc(Br)cc1. The van der Waals surface area contributed by atoms with Gasteiger partial charge in [0, 0.05) is 55.6 Å². The van der Waals surface area contributed by atoms with E-state index >= 15 is 0 Å². The van der Waals surface area contributed by atoms with Crippen LogP contribution in [0.25, 0.3) is 0 Å². The summed E-state index contributed by atoms with van der Waals surface area (Å²) in [6.07, 6.45) is 3.36. The average molecular weight is 379 g/mol. The molecule has 4 nitrogen and oxygen atoms in total. The maximum atomic E-state index is 12.3. The molecule has 0 aromatic heterocycles. The summed E-state index contributed by atoms with van der Waals surface area (Å²) in [4.78, 5) is 28.8. The highest BCUT2D eigenvalue weighted by Gasteiger charge is 2.27. The Kier molecular flexibility index (Phi) is 5.49. The van der Waals surface area contributed by atoms with Gasteiger partial charge in [-0.3, -0.25) is 14.5 Å². The number of Topliss-reactive ketones (excluding diaryl/α,β-unsaturated/α-hetero) is 1. The van der Waals surface area contributed by atoms with Gasteiger partial charge < -0.3 is 4.90 Å². The smallest absolute Gasteiger partial charge is 0.223 e. The first-order chi connectivity index (χ1) is 11.1.